The number of amides is 1. The van der Waals surface area contributed by atoms with Crippen molar-refractivity contribution in [3.63, 3.8) is 0 Å². The Morgan fingerprint density at radius 2 is 1.85 bits per heavy atom. The van der Waals surface area contributed by atoms with Crippen LogP contribution in [0.4, 0.5) is 4.79 Å². The fourth-order valence-electron chi connectivity index (χ4n) is 3.65. The third-order valence-electron chi connectivity index (χ3n) is 5.15. The number of aromatic nitrogens is 1. The summed E-state index contributed by atoms with van der Waals surface area (Å²) in [4.78, 5) is 18.6. The van der Waals surface area contributed by atoms with Crippen LogP contribution in [-0.2, 0) is 4.74 Å². The van der Waals surface area contributed by atoms with E-state index in [9.17, 15) is 4.79 Å². The monoisotopic (exact) mass is 368 g/mol. The maximum Gasteiger partial charge on any atom is 0.410 e. The molecular weight excluding hydrogens is 340 g/mol. The first-order valence-electron chi connectivity index (χ1n) is 9.61. The maximum atomic E-state index is 12.4. The van der Waals surface area contributed by atoms with Gasteiger partial charge in [-0.1, -0.05) is 24.3 Å². The summed E-state index contributed by atoms with van der Waals surface area (Å²) in [6.45, 7) is 6.86. The van der Waals surface area contributed by atoms with Crippen molar-refractivity contribution in [3.8, 4) is 11.1 Å². The lowest BCUT2D eigenvalue weighted by Gasteiger charge is -2.35. The minimum atomic E-state index is -0.263. The summed E-state index contributed by atoms with van der Waals surface area (Å²) >= 11 is 0. The molecule has 0 aliphatic carbocycles. The second-order valence-corrected chi connectivity index (χ2v) is 7.29. The van der Waals surface area contributed by atoms with E-state index in [1.807, 2.05) is 20.8 Å². The Hall–Kier alpha value is -2.40. The van der Waals surface area contributed by atoms with E-state index in [1.165, 1.54) is 0 Å². The highest BCUT2D eigenvalue weighted by molar-refractivity contribution is 5.69. The van der Waals surface area contributed by atoms with Crippen LogP contribution in [0.3, 0.4) is 0 Å². The Balaban J connectivity index is 1.69. The predicted molar refractivity (Wildman–Crippen MR) is 105 cm³/mol. The van der Waals surface area contributed by atoms with Crippen LogP contribution in [0.25, 0.3) is 11.1 Å². The smallest absolute Gasteiger partial charge is 0.410 e. The third-order valence-corrected chi connectivity index (χ3v) is 5.15. The molecule has 2 unspecified atom stereocenters. The summed E-state index contributed by atoms with van der Waals surface area (Å²) in [5, 5.41) is 8.93. The van der Waals surface area contributed by atoms with Crippen LogP contribution in [0.2, 0.25) is 0 Å². The van der Waals surface area contributed by atoms with Gasteiger partial charge in [0.2, 0.25) is 0 Å². The van der Waals surface area contributed by atoms with E-state index in [4.69, 9.17) is 9.84 Å². The molecule has 27 heavy (non-hydrogen) atoms. The standard InChI is InChI=1S/C22H28N2O3/c1-15-13-20(14-16(2)23-15)19-8-6-18(7-9-19)17(3)24-11-10-21(5-4-12-25)27-22(24)26/h6-9,13-14,17,21,25H,4-5,10-12H2,1-3H3. The van der Waals surface area contributed by atoms with Gasteiger partial charge in [0.15, 0.2) is 0 Å². The number of rotatable bonds is 6. The first-order chi connectivity index (χ1) is 13.0. The highest BCUT2D eigenvalue weighted by atomic mass is 16.6. The molecule has 1 fully saturated rings. The summed E-state index contributed by atoms with van der Waals surface area (Å²) in [7, 11) is 0. The number of hydrogen-bond donors (Lipinski definition) is 1. The fourth-order valence-corrected chi connectivity index (χ4v) is 3.65. The molecule has 1 amide bonds. The SMILES string of the molecule is Cc1cc(-c2ccc(C(C)N3CCC(CCCO)OC3=O)cc2)cc(C)n1. The van der Waals surface area contributed by atoms with Crippen molar-refractivity contribution >= 4 is 6.09 Å². The van der Waals surface area contributed by atoms with E-state index in [1.54, 1.807) is 4.90 Å². The zero-order valence-corrected chi connectivity index (χ0v) is 16.3. The molecule has 1 saturated heterocycles. The molecular formula is C22H28N2O3. The van der Waals surface area contributed by atoms with Crippen LogP contribution in [0.5, 0.6) is 0 Å². The molecule has 1 N–H and O–H groups in total. The second-order valence-electron chi connectivity index (χ2n) is 7.29. The molecule has 0 radical (unpaired) electrons. The fraction of sp³-hybridized carbons (Fsp3) is 0.455. The normalized spacial score (nSPS) is 18.3. The number of aryl methyl sites for hydroxylation is 2. The molecule has 0 spiro atoms. The highest BCUT2D eigenvalue weighted by Crippen LogP contribution is 2.28. The Morgan fingerprint density at radius 3 is 2.44 bits per heavy atom. The second kappa shape index (κ2) is 8.53. The van der Waals surface area contributed by atoms with Crippen LogP contribution in [-0.4, -0.2) is 40.3 Å². The minimum absolute atomic E-state index is 0.0359. The molecule has 1 aliphatic heterocycles. The minimum Gasteiger partial charge on any atom is -0.446 e. The van der Waals surface area contributed by atoms with Crippen LogP contribution < -0.4 is 0 Å². The number of pyridine rings is 1. The van der Waals surface area contributed by atoms with Crippen molar-refractivity contribution < 1.29 is 14.6 Å². The lowest BCUT2D eigenvalue weighted by atomic mass is 9.99. The summed E-state index contributed by atoms with van der Waals surface area (Å²) in [5.74, 6) is 0. The van der Waals surface area contributed by atoms with E-state index >= 15 is 0 Å². The molecule has 144 valence electrons. The molecule has 2 atom stereocenters. The molecule has 1 aliphatic rings. The van der Waals surface area contributed by atoms with Crippen LogP contribution in [0.15, 0.2) is 36.4 Å². The van der Waals surface area contributed by atoms with Gasteiger partial charge in [-0.05, 0) is 62.4 Å². The molecule has 5 nitrogen and oxygen atoms in total. The first-order valence-corrected chi connectivity index (χ1v) is 9.61. The molecule has 0 saturated carbocycles. The van der Waals surface area contributed by atoms with Gasteiger partial charge in [0.05, 0.1) is 6.04 Å². The number of benzene rings is 1. The number of ether oxygens (including phenoxy) is 1. The largest absolute Gasteiger partial charge is 0.446 e. The van der Waals surface area contributed by atoms with E-state index in [2.05, 4.69) is 41.4 Å². The van der Waals surface area contributed by atoms with Crippen molar-refractivity contribution in [3.05, 3.63) is 53.3 Å². The van der Waals surface area contributed by atoms with Gasteiger partial charge < -0.3 is 14.7 Å². The number of aliphatic hydroxyl groups is 1. The highest BCUT2D eigenvalue weighted by Gasteiger charge is 2.30. The van der Waals surface area contributed by atoms with Gasteiger partial charge in [-0.15, -0.1) is 0 Å². The molecule has 1 aromatic carbocycles. The average molecular weight is 368 g/mol. The van der Waals surface area contributed by atoms with E-state index in [0.717, 1.165) is 40.9 Å². The number of cyclic esters (lactones) is 1. The van der Waals surface area contributed by atoms with Gasteiger partial charge >= 0.3 is 6.09 Å². The third kappa shape index (κ3) is 4.66. The molecule has 0 bridgehead atoms. The van der Waals surface area contributed by atoms with Crippen LogP contribution in [0, 0.1) is 13.8 Å². The van der Waals surface area contributed by atoms with Gasteiger partial charge in [-0.2, -0.15) is 0 Å². The van der Waals surface area contributed by atoms with Gasteiger partial charge in [0.1, 0.15) is 6.10 Å². The Kier molecular flexibility index (Phi) is 6.11. The summed E-state index contributed by atoms with van der Waals surface area (Å²) in [6.07, 6.45) is 1.87. The zero-order chi connectivity index (χ0) is 19.4. The van der Waals surface area contributed by atoms with E-state index in [-0.39, 0.29) is 24.8 Å². The van der Waals surface area contributed by atoms with Crippen molar-refractivity contribution in [1.82, 2.24) is 9.88 Å². The summed E-state index contributed by atoms with van der Waals surface area (Å²) < 4.78 is 5.53. The van der Waals surface area contributed by atoms with Gasteiger partial charge in [-0.25, -0.2) is 4.79 Å². The van der Waals surface area contributed by atoms with Crippen molar-refractivity contribution in [2.24, 2.45) is 0 Å². The Labute approximate surface area is 161 Å². The summed E-state index contributed by atoms with van der Waals surface area (Å²) in [5.41, 5.74) is 5.41. The molecule has 3 rings (SSSR count). The first kappa shape index (κ1) is 19.4. The molecule has 5 heteroatoms. The molecule has 2 heterocycles. The van der Waals surface area contributed by atoms with Crippen molar-refractivity contribution in [2.45, 2.75) is 52.2 Å². The Morgan fingerprint density at radius 1 is 1.19 bits per heavy atom. The van der Waals surface area contributed by atoms with Gasteiger partial charge in [-0.3, -0.25) is 4.98 Å². The van der Waals surface area contributed by atoms with Crippen LogP contribution >= 0.6 is 0 Å². The average Bonchev–Trinajstić information content (AvgIpc) is 2.65. The predicted octanol–water partition coefficient (Wildman–Crippen LogP) is 4.41. The van der Waals surface area contributed by atoms with Crippen molar-refractivity contribution in [2.75, 3.05) is 13.2 Å². The van der Waals surface area contributed by atoms with E-state index < -0.39 is 0 Å². The number of hydrogen-bond acceptors (Lipinski definition) is 4. The number of nitrogens with zero attached hydrogens (tertiary/aromatic N) is 2. The van der Waals surface area contributed by atoms with Gasteiger partial charge in [0, 0.05) is 31.0 Å². The zero-order valence-electron chi connectivity index (χ0n) is 16.3. The van der Waals surface area contributed by atoms with Gasteiger partial charge in [0.25, 0.3) is 0 Å². The quantitative estimate of drug-likeness (QED) is 0.820. The summed E-state index contributed by atoms with van der Waals surface area (Å²) in [6, 6.07) is 12.5. The Bertz CT molecular complexity index is 768. The van der Waals surface area contributed by atoms with Crippen LogP contribution in [0.1, 0.15) is 49.2 Å². The number of carbonyl (C=O) groups is 1. The van der Waals surface area contributed by atoms with Crippen molar-refractivity contribution in [1.29, 1.82) is 0 Å². The lowest BCUT2D eigenvalue weighted by molar-refractivity contribution is 0.00760. The van der Waals surface area contributed by atoms with E-state index in [0.29, 0.717) is 13.0 Å². The maximum absolute atomic E-state index is 12.4. The number of carbonyl (C=O) groups excluding carboxylic acids is 1. The topological polar surface area (TPSA) is 62.7 Å². The molecule has 2 aromatic rings. The lowest BCUT2D eigenvalue weighted by Crippen LogP contribution is -2.43. The number of aliphatic hydroxyl groups excluding tert-OH is 1. The molecule has 1 aromatic heterocycles.